The van der Waals surface area contributed by atoms with Crippen LogP contribution in [-0.2, 0) is 4.79 Å². The third-order valence-corrected chi connectivity index (χ3v) is 3.44. The Kier molecular flexibility index (Phi) is 5.46. The lowest BCUT2D eigenvalue weighted by Crippen LogP contribution is -2.40. The molecule has 1 aromatic rings. The topological polar surface area (TPSA) is 67.6 Å². The number of alkyl halides is 2. The maximum atomic E-state index is 12.5. The van der Waals surface area contributed by atoms with Crippen molar-refractivity contribution < 1.29 is 18.3 Å². The lowest BCUT2D eigenvalue weighted by Gasteiger charge is -2.29. The number of primary amides is 1. The molecule has 0 bridgehead atoms. The normalized spacial score (nSPS) is 18.2. The van der Waals surface area contributed by atoms with Gasteiger partial charge in [0.1, 0.15) is 11.8 Å². The van der Waals surface area contributed by atoms with Crippen molar-refractivity contribution in [3.05, 3.63) is 29.8 Å². The van der Waals surface area contributed by atoms with Crippen LogP contribution in [0.3, 0.4) is 0 Å². The number of hydrogen-bond donors (Lipinski definition) is 2. The first-order valence-corrected chi connectivity index (χ1v) is 6.87. The number of halogens is 2. The number of hydrogen-bond acceptors (Lipinski definition) is 4. The molecule has 1 unspecified atom stereocenters. The molecule has 21 heavy (non-hydrogen) atoms. The van der Waals surface area contributed by atoms with Gasteiger partial charge in [-0.25, -0.2) is 0 Å². The molecule has 1 fully saturated rings. The molecule has 1 aromatic carbocycles. The molecule has 2 rings (SSSR count). The number of benzene rings is 1. The zero-order valence-corrected chi connectivity index (χ0v) is 11.6. The molecule has 0 radical (unpaired) electrons. The number of nitrogens with two attached hydrogens (primary N) is 1. The molecule has 7 heteroatoms. The first-order valence-electron chi connectivity index (χ1n) is 6.87. The predicted molar refractivity (Wildman–Crippen MR) is 74.1 cm³/mol. The van der Waals surface area contributed by atoms with Gasteiger partial charge in [-0.3, -0.25) is 9.69 Å². The average Bonchev–Trinajstić information content (AvgIpc) is 2.69. The van der Waals surface area contributed by atoms with Gasteiger partial charge in [0.2, 0.25) is 5.91 Å². The summed E-state index contributed by atoms with van der Waals surface area (Å²) in [5, 5.41) is 3.22. The smallest absolute Gasteiger partial charge is 0.387 e. The van der Waals surface area contributed by atoms with E-state index in [0.29, 0.717) is 18.7 Å². The van der Waals surface area contributed by atoms with Crippen molar-refractivity contribution in [1.29, 1.82) is 0 Å². The van der Waals surface area contributed by atoms with E-state index in [1.54, 1.807) is 18.2 Å². The second-order valence-electron chi connectivity index (χ2n) is 4.86. The molecular weight excluding hydrogens is 280 g/mol. The standard InChI is InChI=1S/C14H19F2N3O2/c15-14(16)21-11-5-2-1-4-10(11)12(13(17)20)19-8-3-6-18-7-9-19/h1-2,4-5,12,14,18H,3,6-9H2,(H2,17,20). The fraction of sp³-hybridized carbons (Fsp3) is 0.500. The third kappa shape index (κ3) is 4.12. The van der Waals surface area contributed by atoms with Crippen molar-refractivity contribution in [2.24, 2.45) is 5.73 Å². The Bertz CT molecular complexity index is 477. The van der Waals surface area contributed by atoms with E-state index in [-0.39, 0.29) is 5.75 Å². The van der Waals surface area contributed by atoms with Gasteiger partial charge < -0.3 is 15.8 Å². The van der Waals surface area contributed by atoms with Crippen molar-refractivity contribution >= 4 is 5.91 Å². The number of carbonyl (C=O) groups excluding carboxylic acids is 1. The maximum Gasteiger partial charge on any atom is 0.387 e. The van der Waals surface area contributed by atoms with Crippen LogP contribution >= 0.6 is 0 Å². The van der Waals surface area contributed by atoms with Crippen molar-refractivity contribution in [2.75, 3.05) is 26.2 Å². The Balaban J connectivity index is 2.31. The van der Waals surface area contributed by atoms with E-state index in [0.717, 1.165) is 19.5 Å². The minimum absolute atomic E-state index is 0.00601. The van der Waals surface area contributed by atoms with E-state index in [1.807, 2.05) is 4.90 Å². The van der Waals surface area contributed by atoms with Crippen LogP contribution < -0.4 is 15.8 Å². The lowest BCUT2D eigenvalue weighted by atomic mass is 10.0. The highest BCUT2D eigenvalue weighted by Gasteiger charge is 2.29. The molecule has 1 amide bonds. The summed E-state index contributed by atoms with van der Waals surface area (Å²) in [6.07, 6.45) is 0.863. The van der Waals surface area contributed by atoms with Gasteiger partial charge in [0.25, 0.3) is 0 Å². The van der Waals surface area contributed by atoms with Crippen LogP contribution in [0.15, 0.2) is 24.3 Å². The first-order chi connectivity index (χ1) is 10.1. The number of rotatable bonds is 5. The summed E-state index contributed by atoms with van der Waals surface area (Å²) < 4.78 is 29.5. The SMILES string of the molecule is NC(=O)C(c1ccccc1OC(F)F)N1CCCNCC1. The highest BCUT2D eigenvalue weighted by molar-refractivity contribution is 5.82. The number of nitrogens with zero attached hydrogens (tertiary/aromatic N) is 1. The summed E-state index contributed by atoms with van der Waals surface area (Å²) in [6.45, 7) is -0.0653. The van der Waals surface area contributed by atoms with Gasteiger partial charge in [-0.05, 0) is 19.0 Å². The first kappa shape index (κ1) is 15.7. The summed E-state index contributed by atoms with van der Waals surface area (Å²) in [4.78, 5) is 13.8. The molecule has 5 nitrogen and oxygen atoms in total. The largest absolute Gasteiger partial charge is 0.434 e. The second kappa shape index (κ2) is 7.33. The minimum atomic E-state index is -2.94. The van der Waals surface area contributed by atoms with Crippen LogP contribution in [0.5, 0.6) is 5.75 Å². The Morgan fingerprint density at radius 2 is 2.05 bits per heavy atom. The van der Waals surface area contributed by atoms with Gasteiger partial charge in [0.05, 0.1) is 0 Å². The lowest BCUT2D eigenvalue weighted by molar-refractivity contribution is -0.123. The van der Waals surface area contributed by atoms with Crippen LogP contribution in [0, 0.1) is 0 Å². The number of carbonyl (C=O) groups is 1. The maximum absolute atomic E-state index is 12.5. The summed E-state index contributed by atoms with van der Waals surface area (Å²) in [6, 6.07) is 5.53. The number of para-hydroxylation sites is 1. The van der Waals surface area contributed by atoms with Crippen molar-refractivity contribution in [3.63, 3.8) is 0 Å². The molecule has 116 valence electrons. The van der Waals surface area contributed by atoms with E-state index in [1.165, 1.54) is 6.07 Å². The number of amides is 1. The van der Waals surface area contributed by atoms with Gasteiger partial charge in [-0.1, -0.05) is 18.2 Å². The molecule has 1 saturated heterocycles. The molecule has 0 saturated carbocycles. The van der Waals surface area contributed by atoms with Crippen molar-refractivity contribution in [2.45, 2.75) is 19.1 Å². The molecule has 0 aliphatic carbocycles. The Hall–Kier alpha value is -1.73. The van der Waals surface area contributed by atoms with Crippen molar-refractivity contribution in [3.8, 4) is 5.75 Å². The second-order valence-corrected chi connectivity index (χ2v) is 4.86. The average molecular weight is 299 g/mol. The molecule has 1 heterocycles. The monoisotopic (exact) mass is 299 g/mol. The highest BCUT2D eigenvalue weighted by Crippen LogP contribution is 2.30. The predicted octanol–water partition coefficient (Wildman–Crippen LogP) is 1.11. The van der Waals surface area contributed by atoms with E-state index < -0.39 is 18.6 Å². The van der Waals surface area contributed by atoms with Crippen LogP contribution in [-0.4, -0.2) is 43.6 Å². The van der Waals surface area contributed by atoms with E-state index >= 15 is 0 Å². The minimum Gasteiger partial charge on any atom is -0.434 e. The summed E-state index contributed by atoms with van der Waals surface area (Å²) in [5.74, 6) is -0.573. The quantitative estimate of drug-likeness (QED) is 0.854. The molecule has 0 aromatic heterocycles. The fourth-order valence-corrected chi connectivity index (χ4v) is 2.56. The van der Waals surface area contributed by atoms with Gasteiger partial charge in [-0.15, -0.1) is 0 Å². The molecule has 1 aliphatic rings. The Morgan fingerprint density at radius 3 is 2.76 bits per heavy atom. The Morgan fingerprint density at radius 1 is 1.29 bits per heavy atom. The molecule has 1 atom stereocenters. The van der Waals surface area contributed by atoms with E-state index in [4.69, 9.17) is 5.73 Å². The van der Waals surface area contributed by atoms with E-state index in [9.17, 15) is 13.6 Å². The van der Waals surface area contributed by atoms with Gasteiger partial charge in [0, 0.05) is 25.2 Å². The summed E-state index contributed by atoms with van der Waals surface area (Å²) in [7, 11) is 0. The Labute approximate surface area is 122 Å². The van der Waals surface area contributed by atoms with Crippen LogP contribution in [0.4, 0.5) is 8.78 Å². The van der Waals surface area contributed by atoms with Crippen LogP contribution in [0.2, 0.25) is 0 Å². The highest BCUT2D eigenvalue weighted by atomic mass is 19.3. The number of ether oxygens (including phenoxy) is 1. The summed E-state index contributed by atoms with van der Waals surface area (Å²) >= 11 is 0. The zero-order valence-electron chi connectivity index (χ0n) is 11.6. The van der Waals surface area contributed by atoms with Gasteiger partial charge in [-0.2, -0.15) is 8.78 Å². The van der Waals surface area contributed by atoms with E-state index in [2.05, 4.69) is 10.1 Å². The molecular formula is C14H19F2N3O2. The van der Waals surface area contributed by atoms with Crippen LogP contribution in [0.1, 0.15) is 18.0 Å². The third-order valence-electron chi connectivity index (χ3n) is 3.44. The van der Waals surface area contributed by atoms with Gasteiger partial charge in [0.15, 0.2) is 0 Å². The summed E-state index contributed by atoms with van der Waals surface area (Å²) in [5.41, 5.74) is 5.89. The van der Waals surface area contributed by atoms with Gasteiger partial charge >= 0.3 is 6.61 Å². The zero-order chi connectivity index (χ0) is 15.2. The van der Waals surface area contributed by atoms with Crippen LogP contribution in [0.25, 0.3) is 0 Å². The van der Waals surface area contributed by atoms with Crippen molar-refractivity contribution in [1.82, 2.24) is 10.2 Å². The molecule has 0 spiro atoms. The molecule has 1 aliphatic heterocycles. The fourth-order valence-electron chi connectivity index (χ4n) is 2.56. The number of nitrogens with one attached hydrogen (secondary N) is 1. The molecule has 3 N–H and O–H groups in total.